The zero-order valence-electron chi connectivity index (χ0n) is 17.3. The summed E-state index contributed by atoms with van der Waals surface area (Å²) in [7, 11) is 5.68. The maximum atomic E-state index is 13.1. The molecule has 152 valence electrons. The molecule has 1 N–H and O–H groups in total. The average Bonchev–Trinajstić information content (AvgIpc) is 3.08. The number of likely N-dealkylation sites (tertiary alicyclic amines) is 1. The number of urea groups is 1. The van der Waals surface area contributed by atoms with Gasteiger partial charge in [-0.1, -0.05) is 12.1 Å². The number of hydrogen-bond acceptors (Lipinski definition) is 4. The maximum absolute atomic E-state index is 13.1. The molecule has 3 rings (SSSR count). The first-order valence-electron chi connectivity index (χ1n) is 9.80. The highest BCUT2D eigenvalue weighted by Crippen LogP contribution is 2.20. The number of nitrogens with zero attached hydrogens (tertiary/aromatic N) is 4. The summed E-state index contributed by atoms with van der Waals surface area (Å²) in [6, 6.07) is 8.20. The Morgan fingerprint density at radius 1 is 1.25 bits per heavy atom. The lowest BCUT2D eigenvalue weighted by molar-refractivity contribution is 0.175. The molecule has 1 aliphatic rings. The van der Waals surface area contributed by atoms with Crippen molar-refractivity contribution in [2.45, 2.75) is 38.9 Å². The van der Waals surface area contributed by atoms with E-state index in [1.807, 2.05) is 43.3 Å². The molecule has 0 atom stereocenters. The lowest BCUT2D eigenvalue weighted by Gasteiger charge is -2.31. The molecule has 0 aliphatic carbocycles. The molecule has 28 heavy (non-hydrogen) atoms. The van der Waals surface area contributed by atoms with Gasteiger partial charge < -0.3 is 19.9 Å². The SMILES string of the molecule is COc1ccc(CN(Cc2ccn(C)n2)C(=O)NC2CCN(C)CC2)cc1C. The van der Waals surface area contributed by atoms with Crippen LogP contribution in [0.1, 0.15) is 29.7 Å². The van der Waals surface area contributed by atoms with Crippen molar-refractivity contribution < 1.29 is 9.53 Å². The zero-order valence-corrected chi connectivity index (χ0v) is 17.3. The number of rotatable bonds is 6. The quantitative estimate of drug-likeness (QED) is 0.830. The first kappa shape index (κ1) is 20.2. The van der Waals surface area contributed by atoms with E-state index in [2.05, 4.69) is 28.4 Å². The van der Waals surface area contributed by atoms with Crippen molar-refractivity contribution in [2.75, 3.05) is 27.2 Å². The second-order valence-corrected chi connectivity index (χ2v) is 7.67. The number of carbonyl (C=O) groups excluding carboxylic acids is 1. The second-order valence-electron chi connectivity index (χ2n) is 7.67. The Morgan fingerprint density at radius 2 is 2.00 bits per heavy atom. The largest absolute Gasteiger partial charge is 0.496 e. The molecular weight excluding hydrogens is 354 g/mol. The number of ether oxygens (including phenoxy) is 1. The zero-order chi connectivity index (χ0) is 20.1. The van der Waals surface area contributed by atoms with E-state index in [0.29, 0.717) is 13.1 Å². The van der Waals surface area contributed by atoms with Gasteiger partial charge in [0.25, 0.3) is 0 Å². The summed E-state index contributed by atoms with van der Waals surface area (Å²) < 4.78 is 7.11. The van der Waals surface area contributed by atoms with Gasteiger partial charge >= 0.3 is 6.03 Å². The van der Waals surface area contributed by atoms with Crippen LogP contribution in [0.4, 0.5) is 4.79 Å². The lowest BCUT2D eigenvalue weighted by Crippen LogP contribution is -2.48. The standard InChI is InChI=1S/C21H31N5O2/c1-16-13-17(5-6-20(16)28-4)14-26(15-19-9-12-25(3)23-19)21(27)22-18-7-10-24(2)11-8-18/h5-6,9,12-13,18H,7-8,10-11,14-15H2,1-4H3,(H,22,27). The number of nitrogens with one attached hydrogen (secondary N) is 1. The van der Waals surface area contributed by atoms with E-state index in [1.165, 1.54) is 0 Å². The smallest absolute Gasteiger partial charge is 0.318 e. The summed E-state index contributed by atoms with van der Waals surface area (Å²) in [5, 5.41) is 7.67. The van der Waals surface area contributed by atoms with E-state index in [4.69, 9.17) is 4.74 Å². The fraction of sp³-hybridized carbons (Fsp3) is 0.524. The number of amides is 2. The molecule has 2 amide bonds. The molecule has 1 aromatic heterocycles. The minimum atomic E-state index is -0.0336. The maximum Gasteiger partial charge on any atom is 0.318 e. The van der Waals surface area contributed by atoms with Gasteiger partial charge in [-0.3, -0.25) is 4.68 Å². The highest BCUT2D eigenvalue weighted by Gasteiger charge is 2.22. The Morgan fingerprint density at radius 3 is 2.61 bits per heavy atom. The monoisotopic (exact) mass is 385 g/mol. The summed E-state index contributed by atoms with van der Waals surface area (Å²) in [5.41, 5.74) is 3.02. The van der Waals surface area contributed by atoms with Gasteiger partial charge in [-0.25, -0.2) is 4.79 Å². The van der Waals surface area contributed by atoms with E-state index in [-0.39, 0.29) is 12.1 Å². The Bertz CT molecular complexity index is 796. The van der Waals surface area contributed by atoms with Crippen molar-refractivity contribution in [1.29, 1.82) is 0 Å². The predicted octanol–water partition coefficient (Wildman–Crippen LogP) is 2.54. The van der Waals surface area contributed by atoms with Crippen LogP contribution in [0.15, 0.2) is 30.5 Å². The first-order chi connectivity index (χ1) is 13.4. The van der Waals surface area contributed by atoms with Gasteiger partial charge in [0.1, 0.15) is 5.75 Å². The number of hydrogen-bond donors (Lipinski definition) is 1. The van der Waals surface area contributed by atoms with Crippen molar-refractivity contribution in [2.24, 2.45) is 7.05 Å². The molecule has 1 saturated heterocycles. The predicted molar refractivity (Wildman–Crippen MR) is 109 cm³/mol. The Kier molecular flexibility index (Phi) is 6.57. The van der Waals surface area contributed by atoms with E-state index >= 15 is 0 Å². The summed E-state index contributed by atoms with van der Waals surface area (Å²) in [4.78, 5) is 17.2. The number of carbonyl (C=O) groups is 1. The van der Waals surface area contributed by atoms with Crippen molar-refractivity contribution in [3.63, 3.8) is 0 Å². The van der Waals surface area contributed by atoms with Crippen molar-refractivity contribution in [1.82, 2.24) is 24.9 Å². The van der Waals surface area contributed by atoms with Gasteiger partial charge in [-0.15, -0.1) is 0 Å². The van der Waals surface area contributed by atoms with Crippen LogP contribution in [0.2, 0.25) is 0 Å². The molecular formula is C21H31N5O2. The summed E-state index contributed by atoms with van der Waals surface area (Å²) in [6.07, 6.45) is 3.88. The molecule has 1 fully saturated rings. The fourth-order valence-corrected chi connectivity index (χ4v) is 3.62. The first-order valence-corrected chi connectivity index (χ1v) is 9.80. The van der Waals surface area contributed by atoms with Crippen LogP contribution in [0.3, 0.4) is 0 Å². The van der Waals surface area contributed by atoms with Crippen LogP contribution in [0, 0.1) is 6.92 Å². The highest BCUT2D eigenvalue weighted by molar-refractivity contribution is 5.74. The van der Waals surface area contributed by atoms with E-state index < -0.39 is 0 Å². The van der Waals surface area contributed by atoms with Gasteiger partial charge in [0, 0.05) is 25.8 Å². The van der Waals surface area contributed by atoms with Gasteiger partial charge in [-0.2, -0.15) is 5.10 Å². The summed E-state index contributed by atoms with van der Waals surface area (Å²) in [5.74, 6) is 0.857. The number of aromatic nitrogens is 2. The molecule has 0 radical (unpaired) electrons. The van der Waals surface area contributed by atoms with Crippen LogP contribution >= 0.6 is 0 Å². The van der Waals surface area contributed by atoms with Gasteiger partial charge in [0.2, 0.25) is 0 Å². The molecule has 7 nitrogen and oxygen atoms in total. The van der Waals surface area contributed by atoms with Crippen LogP contribution in [0.5, 0.6) is 5.75 Å². The third-order valence-electron chi connectivity index (χ3n) is 5.29. The third kappa shape index (κ3) is 5.25. The molecule has 2 heterocycles. The summed E-state index contributed by atoms with van der Waals surface area (Å²) in [6.45, 7) is 5.06. The summed E-state index contributed by atoms with van der Waals surface area (Å²) >= 11 is 0. The van der Waals surface area contributed by atoms with Gasteiger partial charge in [0.15, 0.2) is 0 Å². The molecule has 0 spiro atoms. The number of benzene rings is 1. The fourth-order valence-electron chi connectivity index (χ4n) is 3.62. The third-order valence-corrected chi connectivity index (χ3v) is 5.29. The van der Waals surface area contributed by atoms with Gasteiger partial charge in [-0.05, 0) is 63.2 Å². The van der Waals surface area contributed by atoms with E-state index in [0.717, 1.165) is 48.5 Å². The van der Waals surface area contributed by atoms with Crippen LogP contribution in [0.25, 0.3) is 0 Å². The topological polar surface area (TPSA) is 62.6 Å². The van der Waals surface area contributed by atoms with E-state index in [1.54, 1.807) is 11.8 Å². The molecule has 7 heteroatoms. The Balaban J connectivity index is 1.72. The number of aryl methyl sites for hydroxylation is 2. The molecule has 1 aliphatic heterocycles. The van der Waals surface area contributed by atoms with Crippen LogP contribution in [-0.2, 0) is 20.1 Å². The van der Waals surface area contributed by atoms with Crippen molar-refractivity contribution in [3.8, 4) is 5.75 Å². The average molecular weight is 386 g/mol. The van der Waals surface area contributed by atoms with Crippen LogP contribution in [-0.4, -0.2) is 58.9 Å². The number of methoxy groups -OCH3 is 1. The minimum absolute atomic E-state index is 0.0336. The van der Waals surface area contributed by atoms with Crippen molar-refractivity contribution >= 4 is 6.03 Å². The molecule has 1 aromatic carbocycles. The Hall–Kier alpha value is -2.54. The molecule has 0 unspecified atom stereocenters. The number of piperidine rings is 1. The minimum Gasteiger partial charge on any atom is -0.496 e. The van der Waals surface area contributed by atoms with Crippen molar-refractivity contribution in [3.05, 3.63) is 47.3 Å². The lowest BCUT2D eigenvalue weighted by atomic mass is 10.1. The van der Waals surface area contributed by atoms with Crippen LogP contribution < -0.4 is 10.1 Å². The van der Waals surface area contributed by atoms with Gasteiger partial charge in [0.05, 0.1) is 19.3 Å². The molecule has 2 aromatic rings. The van der Waals surface area contributed by atoms with E-state index in [9.17, 15) is 4.79 Å². The normalized spacial score (nSPS) is 15.4. The second kappa shape index (κ2) is 9.10. The molecule has 0 saturated carbocycles. The Labute approximate surface area is 167 Å². The molecule has 0 bridgehead atoms. The highest BCUT2D eigenvalue weighted by atomic mass is 16.5.